The van der Waals surface area contributed by atoms with Crippen LogP contribution in [0.1, 0.15) is 26.3 Å². The zero-order valence-corrected chi connectivity index (χ0v) is 17.8. The van der Waals surface area contributed by atoms with E-state index in [2.05, 4.69) is 10.6 Å². The number of nitrogens with zero attached hydrogens (tertiary/aromatic N) is 1. The Labute approximate surface area is 185 Å². The van der Waals surface area contributed by atoms with E-state index in [4.69, 9.17) is 23.8 Å². The number of carbonyl (C=O) groups excluding carboxylic acids is 2. The Morgan fingerprint density at radius 2 is 1.67 bits per heavy atom. The first-order valence-electron chi connectivity index (χ1n) is 9.20. The lowest BCUT2D eigenvalue weighted by atomic mass is 10.1. The number of nitrogens with one attached hydrogen (secondary N) is 2. The van der Waals surface area contributed by atoms with Crippen molar-refractivity contribution in [1.82, 2.24) is 10.2 Å². The maximum Gasteiger partial charge on any atom is 0.257 e. The van der Waals surface area contributed by atoms with E-state index in [1.165, 1.54) is 0 Å². The van der Waals surface area contributed by atoms with Crippen molar-refractivity contribution in [3.8, 4) is 0 Å². The van der Waals surface area contributed by atoms with Gasteiger partial charge in [0.25, 0.3) is 11.8 Å². The number of thiocarbonyl (C=S) groups is 1. The molecule has 0 aliphatic heterocycles. The van der Waals surface area contributed by atoms with Gasteiger partial charge in [0.15, 0.2) is 5.11 Å². The largest absolute Gasteiger partial charge is 0.337 e. The Balaban J connectivity index is 1.69. The molecule has 2 amide bonds. The van der Waals surface area contributed by atoms with E-state index in [0.717, 1.165) is 5.56 Å². The number of hydrogen-bond acceptors (Lipinski definition) is 3. The Bertz CT molecular complexity index is 1070. The third kappa shape index (κ3) is 5.65. The molecule has 0 aliphatic rings. The molecule has 0 atom stereocenters. The summed E-state index contributed by atoms with van der Waals surface area (Å²) in [5.41, 5.74) is 2.38. The van der Waals surface area contributed by atoms with Gasteiger partial charge in [-0.1, -0.05) is 60.1 Å². The van der Waals surface area contributed by atoms with Crippen molar-refractivity contribution in [2.75, 3.05) is 12.4 Å². The SMILES string of the molecule is CN(Cc1ccccc1)C(=O)c1ccccc1NC(=S)NC(=O)c1cccc(Cl)c1. The number of para-hydroxylation sites is 1. The van der Waals surface area contributed by atoms with Gasteiger partial charge in [-0.15, -0.1) is 0 Å². The lowest BCUT2D eigenvalue weighted by Crippen LogP contribution is -2.35. The first kappa shape index (κ1) is 21.5. The van der Waals surface area contributed by atoms with E-state index in [1.807, 2.05) is 30.3 Å². The van der Waals surface area contributed by atoms with E-state index in [0.29, 0.717) is 28.4 Å². The molecule has 0 bridgehead atoms. The van der Waals surface area contributed by atoms with Gasteiger partial charge in [0.1, 0.15) is 0 Å². The summed E-state index contributed by atoms with van der Waals surface area (Å²) in [7, 11) is 1.74. The molecular weight excluding hydrogens is 418 g/mol. The lowest BCUT2D eigenvalue weighted by Gasteiger charge is -2.20. The van der Waals surface area contributed by atoms with Crippen LogP contribution in [-0.4, -0.2) is 28.9 Å². The average molecular weight is 438 g/mol. The van der Waals surface area contributed by atoms with Crippen molar-refractivity contribution < 1.29 is 9.59 Å². The lowest BCUT2D eigenvalue weighted by molar-refractivity contribution is 0.0786. The normalized spacial score (nSPS) is 10.2. The molecule has 7 heteroatoms. The molecule has 0 radical (unpaired) electrons. The number of halogens is 1. The Kier molecular flexibility index (Phi) is 7.17. The van der Waals surface area contributed by atoms with Crippen molar-refractivity contribution in [2.45, 2.75) is 6.54 Å². The number of hydrogen-bond donors (Lipinski definition) is 2. The van der Waals surface area contributed by atoms with Crippen LogP contribution in [0.15, 0.2) is 78.9 Å². The van der Waals surface area contributed by atoms with Crippen LogP contribution in [-0.2, 0) is 6.54 Å². The van der Waals surface area contributed by atoms with Gasteiger partial charge in [0.05, 0.1) is 11.3 Å². The van der Waals surface area contributed by atoms with Crippen LogP contribution < -0.4 is 10.6 Å². The highest BCUT2D eigenvalue weighted by atomic mass is 35.5. The maximum absolute atomic E-state index is 13.0. The number of rotatable bonds is 5. The standard InChI is InChI=1S/C23H20ClN3O2S/c1-27(15-16-8-3-2-4-9-16)22(29)19-12-5-6-13-20(19)25-23(30)26-21(28)17-10-7-11-18(24)14-17/h2-14H,15H2,1H3,(H2,25,26,28,30). The molecule has 0 fully saturated rings. The van der Waals surface area contributed by atoms with Crippen molar-refractivity contribution in [1.29, 1.82) is 0 Å². The Morgan fingerprint density at radius 1 is 0.967 bits per heavy atom. The Hall–Kier alpha value is -3.22. The van der Waals surface area contributed by atoms with Crippen molar-refractivity contribution >= 4 is 46.4 Å². The maximum atomic E-state index is 13.0. The van der Waals surface area contributed by atoms with E-state index >= 15 is 0 Å². The molecule has 3 rings (SSSR count). The first-order chi connectivity index (χ1) is 14.4. The zero-order chi connectivity index (χ0) is 21.5. The molecule has 152 valence electrons. The van der Waals surface area contributed by atoms with Gasteiger partial charge in [-0.05, 0) is 48.1 Å². The molecule has 2 N–H and O–H groups in total. The molecule has 0 saturated carbocycles. The first-order valence-corrected chi connectivity index (χ1v) is 9.99. The van der Waals surface area contributed by atoms with Crippen LogP contribution in [0, 0.1) is 0 Å². The number of benzene rings is 3. The molecule has 0 heterocycles. The average Bonchev–Trinajstić information content (AvgIpc) is 2.74. The second-order valence-corrected chi connectivity index (χ2v) is 7.46. The molecule has 0 saturated heterocycles. The van der Waals surface area contributed by atoms with Gasteiger partial charge in [0.2, 0.25) is 0 Å². The third-order valence-electron chi connectivity index (χ3n) is 4.33. The van der Waals surface area contributed by atoms with E-state index in [-0.39, 0.29) is 16.9 Å². The summed E-state index contributed by atoms with van der Waals surface area (Å²) in [6, 6.07) is 23.3. The second kappa shape index (κ2) is 10.0. The zero-order valence-electron chi connectivity index (χ0n) is 16.3. The van der Waals surface area contributed by atoms with Gasteiger partial charge in [0, 0.05) is 24.2 Å². The third-order valence-corrected chi connectivity index (χ3v) is 4.77. The van der Waals surface area contributed by atoms with Gasteiger partial charge in [-0.25, -0.2) is 0 Å². The molecule has 3 aromatic rings. The minimum Gasteiger partial charge on any atom is -0.337 e. The quantitative estimate of drug-likeness (QED) is 0.566. The molecule has 3 aromatic carbocycles. The van der Waals surface area contributed by atoms with Crippen molar-refractivity contribution in [3.63, 3.8) is 0 Å². The second-order valence-electron chi connectivity index (χ2n) is 6.61. The molecule has 30 heavy (non-hydrogen) atoms. The van der Waals surface area contributed by atoms with Crippen LogP contribution in [0.2, 0.25) is 5.02 Å². The topological polar surface area (TPSA) is 61.4 Å². The highest BCUT2D eigenvalue weighted by Crippen LogP contribution is 2.18. The fourth-order valence-electron chi connectivity index (χ4n) is 2.87. The highest BCUT2D eigenvalue weighted by molar-refractivity contribution is 7.80. The summed E-state index contributed by atoms with van der Waals surface area (Å²) in [6.45, 7) is 0.476. The fourth-order valence-corrected chi connectivity index (χ4v) is 3.26. The molecule has 0 spiro atoms. The molecule has 0 aliphatic carbocycles. The minimum absolute atomic E-state index is 0.0888. The predicted molar refractivity (Wildman–Crippen MR) is 124 cm³/mol. The van der Waals surface area contributed by atoms with E-state index in [9.17, 15) is 9.59 Å². The predicted octanol–water partition coefficient (Wildman–Crippen LogP) is 4.74. The van der Waals surface area contributed by atoms with Gasteiger partial charge in [-0.3, -0.25) is 14.9 Å². The summed E-state index contributed by atoms with van der Waals surface area (Å²) in [5.74, 6) is -0.550. The van der Waals surface area contributed by atoms with Crippen LogP contribution >= 0.6 is 23.8 Å². The van der Waals surface area contributed by atoms with Crippen LogP contribution in [0.5, 0.6) is 0 Å². The number of amides is 2. The minimum atomic E-state index is -0.389. The monoisotopic (exact) mass is 437 g/mol. The van der Waals surface area contributed by atoms with Gasteiger partial charge in [-0.2, -0.15) is 0 Å². The Morgan fingerprint density at radius 3 is 2.40 bits per heavy atom. The van der Waals surface area contributed by atoms with Crippen molar-refractivity contribution in [2.24, 2.45) is 0 Å². The summed E-state index contributed by atoms with van der Waals surface area (Å²) in [6.07, 6.45) is 0. The number of carbonyl (C=O) groups is 2. The van der Waals surface area contributed by atoms with Crippen LogP contribution in [0.4, 0.5) is 5.69 Å². The van der Waals surface area contributed by atoms with Crippen molar-refractivity contribution in [3.05, 3.63) is 101 Å². The summed E-state index contributed by atoms with van der Waals surface area (Å²) in [4.78, 5) is 27.0. The van der Waals surface area contributed by atoms with E-state index < -0.39 is 0 Å². The molecular formula is C23H20ClN3O2S. The summed E-state index contributed by atoms with van der Waals surface area (Å²) >= 11 is 11.2. The molecule has 0 aromatic heterocycles. The van der Waals surface area contributed by atoms with E-state index in [1.54, 1.807) is 60.5 Å². The highest BCUT2D eigenvalue weighted by Gasteiger charge is 2.17. The number of anilines is 1. The van der Waals surface area contributed by atoms with Crippen LogP contribution in [0.3, 0.4) is 0 Å². The molecule has 0 unspecified atom stereocenters. The summed E-state index contributed by atoms with van der Waals surface area (Å²) < 4.78 is 0. The van der Waals surface area contributed by atoms with Crippen LogP contribution in [0.25, 0.3) is 0 Å². The molecule has 5 nitrogen and oxygen atoms in total. The van der Waals surface area contributed by atoms with Gasteiger partial charge >= 0.3 is 0 Å². The fraction of sp³-hybridized carbons (Fsp3) is 0.0870. The smallest absolute Gasteiger partial charge is 0.257 e. The summed E-state index contributed by atoms with van der Waals surface area (Å²) in [5, 5.41) is 6.10. The van der Waals surface area contributed by atoms with Gasteiger partial charge < -0.3 is 10.2 Å².